The Morgan fingerprint density at radius 1 is 1.15 bits per heavy atom. The van der Waals surface area contributed by atoms with Crippen LogP contribution in [0.25, 0.3) is 22.3 Å². The van der Waals surface area contributed by atoms with Crippen molar-refractivity contribution in [3.8, 4) is 11.3 Å². The Hall–Kier alpha value is -3.20. The summed E-state index contributed by atoms with van der Waals surface area (Å²) in [6.45, 7) is 5.95. The SMILES string of the molecule is COC(=O)C1CCCN1C(=O)OC(C)(C)C.O=c1[nH]c2ccccc2nc1-c1cccc(Br)c1. The highest BCUT2D eigenvalue weighted by Gasteiger charge is 2.37. The van der Waals surface area contributed by atoms with Crippen molar-refractivity contribution in [3.05, 3.63) is 63.4 Å². The van der Waals surface area contributed by atoms with Crippen molar-refractivity contribution in [2.45, 2.75) is 45.3 Å². The smallest absolute Gasteiger partial charge is 0.411 e. The molecule has 1 aliphatic rings. The van der Waals surface area contributed by atoms with E-state index in [1.54, 1.807) is 20.8 Å². The van der Waals surface area contributed by atoms with Crippen molar-refractivity contribution in [3.63, 3.8) is 0 Å². The van der Waals surface area contributed by atoms with Crippen LogP contribution < -0.4 is 5.56 Å². The first kappa shape index (κ1) is 25.4. The molecule has 0 radical (unpaired) electrons. The number of halogens is 1. The highest BCUT2D eigenvalue weighted by atomic mass is 79.9. The second-order valence-electron chi connectivity index (χ2n) is 8.80. The van der Waals surface area contributed by atoms with Gasteiger partial charge in [0.15, 0.2) is 0 Å². The monoisotopic (exact) mass is 529 g/mol. The number of nitrogens with zero attached hydrogens (tertiary/aromatic N) is 2. The van der Waals surface area contributed by atoms with Crippen LogP contribution in [-0.2, 0) is 14.3 Å². The van der Waals surface area contributed by atoms with E-state index in [1.165, 1.54) is 12.0 Å². The number of benzene rings is 2. The summed E-state index contributed by atoms with van der Waals surface area (Å²) in [6, 6.07) is 14.6. The van der Waals surface area contributed by atoms with Gasteiger partial charge < -0.3 is 14.5 Å². The molecule has 0 spiro atoms. The number of aromatic amines is 1. The molecule has 0 saturated carbocycles. The number of likely N-dealkylation sites (tertiary alicyclic amines) is 1. The number of methoxy groups -OCH3 is 1. The largest absolute Gasteiger partial charge is 0.467 e. The predicted molar refractivity (Wildman–Crippen MR) is 133 cm³/mol. The minimum Gasteiger partial charge on any atom is -0.467 e. The van der Waals surface area contributed by atoms with Crippen LogP contribution in [0.4, 0.5) is 4.79 Å². The van der Waals surface area contributed by atoms with Crippen molar-refractivity contribution >= 4 is 39.0 Å². The van der Waals surface area contributed by atoms with Crippen LogP contribution in [0.15, 0.2) is 57.8 Å². The molecular weight excluding hydrogens is 502 g/mol. The van der Waals surface area contributed by atoms with Crippen molar-refractivity contribution < 1.29 is 19.1 Å². The number of hydrogen-bond donors (Lipinski definition) is 1. The maximum Gasteiger partial charge on any atom is 0.411 e. The second-order valence-corrected chi connectivity index (χ2v) is 9.71. The zero-order valence-electron chi connectivity index (χ0n) is 19.6. The van der Waals surface area contributed by atoms with E-state index < -0.39 is 17.7 Å². The van der Waals surface area contributed by atoms with Crippen LogP contribution in [0.5, 0.6) is 0 Å². The Kier molecular flexibility index (Phi) is 8.09. The van der Waals surface area contributed by atoms with E-state index in [2.05, 4.69) is 30.6 Å². The number of ether oxygens (including phenoxy) is 2. The molecule has 1 N–H and O–H groups in total. The van der Waals surface area contributed by atoms with Gasteiger partial charge in [0.2, 0.25) is 0 Å². The third kappa shape index (κ3) is 6.44. The molecule has 2 aromatic carbocycles. The van der Waals surface area contributed by atoms with Crippen LogP contribution in [0, 0.1) is 0 Å². The lowest BCUT2D eigenvalue weighted by Crippen LogP contribution is -2.43. The molecule has 3 aromatic rings. The number of H-pyrrole nitrogens is 1. The van der Waals surface area contributed by atoms with Gasteiger partial charge in [-0.25, -0.2) is 14.6 Å². The normalized spacial score (nSPS) is 15.4. The summed E-state index contributed by atoms with van der Waals surface area (Å²) >= 11 is 3.39. The number of amides is 1. The van der Waals surface area contributed by atoms with Gasteiger partial charge in [-0.2, -0.15) is 0 Å². The van der Waals surface area contributed by atoms with Crippen LogP contribution in [0.3, 0.4) is 0 Å². The third-order valence-corrected chi connectivity index (χ3v) is 5.54. The maximum atomic E-state index is 12.0. The quantitative estimate of drug-likeness (QED) is 0.473. The molecule has 1 saturated heterocycles. The summed E-state index contributed by atoms with van der Waals surface area (Å²) in [5, 5.41) is 0. The number of carbonyl (C=O) groups excluding carboxylic acids is 2. The number of esters is 1. The zero-order valence-corrected chi connectivity index (χ0v) is 21.2. The molecule has 0 bridgehead atoms. The van der Waals surface area contributed by atoms with Gasteiger partial charge in [-0.3, -0.25) is 9.69 Å². The molecule has 180 valence electrons. The van der Waals surface area contributed by atoms with Gasteiger partial charge in [-0.1, -0.05) is 40.2 Å². The standard InChI is InChI=1S/C14H9BrN2O.C11H19NO4/c15-10-5-3-4-9(8-10)13-14(18)17-12-7-2-1-6-11(12)16-13;1-11(2,3)16-10(14)12-7-5-6-8(12)9(13)15-4/h1-8H,(H,17,18);8H,5-7H2,1-4H3. The molecule has 34 heavy (non-hydrogen) atoms. The van der Waals surface area contributed by atoms with E-state index in [1.807, 2.05) is 48.5 Å². The number of para-hydroxylation sites is 2. The Bertz CT molecular complexity index is 1230. The maximum absolute atomic E-state index is 12.0. The first-order valence-corrected chi connectivity index (χ1v) is 11.7. The fourth-order valence-corrected chi connectivity index (χ4v) is 3.95. The van der Waals surface area contributed by atoms with E-state index in [9.17, 15) is 14.4 Å². The Morgan fingerprint density at radius 2 is 1.88 bits per heavy atom. The van der Waals surface area contributed by atoms with Crippen LogP contribution in [0.2, 0.25) is 0 Å². The van der Waals surface area contributed by atoms with Gasteiger partial charge in [-0.15, -0.1) is 0 Å². The van der Waals surface area contributed by atoms with Gasteiger partial charge in [0.25, 0.3) is 5.56 Å². The number of rotatable bonds is 2. The molecule has 2 heterocycles. The average Bonchev–Trinajstić information content (AvgIpc) is 3.28. The molecule has 1 aromatic heterocycles. The summed E-state index contributed by atoms with van der Waals surface area (Å²) in [4.78, 5) is 43.9. The number of aromatic nitrogens is 2. The van der Waals surface area contributed by atoms with E-state index in [4.69, 9.17) is 4.74 Å². The first-order chi connectivity index (χ1) is 16.1. The van der Waals surface area contributed by atoms with E-state index in [-0.39, 0.29) is 11.5 Å². The molecule has 9 heteroatoms. The summed E-state index contributed by atoms with van der Waals surface area (Å²) < 4.78 is 10.8. The lowest BCUT2D eigenvalue weighted by molar-refractivity contribution is -0.145. The third-order valence-electron chi connectivity index (χ3n) is 5.05. The van der Waals surface area contributed by atoms with Gasteiger partial charge in [0.1, 0.15) is 17.3 Å². The molecule has 1 atom stereocenters. The number of hydrogen-bond acceptors (Lipinski definition) is 6. The van der Waals surface area contributed by atoms with Crippen LogP contribution in [-0.4, -0.2) is 52.2 Å². The summed E-state index contributed by atoms with van der Waals surface area (Å²) in [5.41, 5.74) is 2.06. The number of fused-ring (bicyclic) bond motifs is 1. The fourth-order valence-electron chi connectivity index (χ4n) is 3.55. The summed E-state index contributed by atoms with van der Waals surface area (Å²) in [5.74, 6) is -0.372. The van der Waals surface area contributed by atoms with Crippen molar-refractivity contribution in [2.24, 2.45) is 0 Å². The number of nitrogens with one attached hydrogen (secondary N) is 1. The first-order valence-electron chi connectivity index (χ1n) is 10.9. The molecule has 1 unspecified atom stereocenters. The Balaban J connectivity index is 0.000000192. The molecule has 0 aliphatic carbocycles. The molecule has 1 amide bonds. The molecule has 1 fully saturated rings. The highest BCUT2D eigenvalue weighted by Crippen LogP contribution is 2.22. The fraction of sp³-hybridized carbons (Fsp3) is 0.360. The summed E-state index contributed by atoms with van der Waals surface area (Å²) in [6.07, 6.45) is 1.01. The lowest BCUT2D eigenvalue weighted by Gasteiger charge is -2.27. The van der Waals surface area contributed by atoms with Crippen molar-refractivity contribution in [1.82, 2.24) is 14.9 Å². The molecule has 1 aliphatic heterocycles. The minimum absolute atomic E-state index is 0.174. The lowest BCUT2D eigenvalue weighted by atomic mass is 10.1. The van der Waals surface area contributed by atoms with E-state index >= 15 is 0 Å². The van der Waals surface area contributed by atoms with Crippen molar-refractivity contribution in [1.29, 1.82) is 0 Å². The highest BCUT2D eigenvalue weighted by molar-refractivity contribution is 9.10. The topological polar surface area (TPSA) is 102 Å². The Labute approximate surface area is 206 Å². The van der Waals surface area contributed by atoms with Gasteiger partial charge in [0.05, 0.1) is 18.1 Å². The molecule has 4 rings (SSSR count). The average molecular weight is 530 g/mol. The number of carbonyl (C=O) groups is 2. The van der Waals surface area contributed by atoms with E-state index in [0.29, 0.717) is 18.7 Å². The zero-order chi connectivity index (χ0) is 24.9. The van der Waals surface area contributed by atoms with Crippen LogP contribution >= 0.6 is 15.9 Å². The molecular formula is C25H28BrN3O5. The minimum atomic E-state index is -0.541. The van der Waals surface area contributed by atoms with Gasteiger partial charge in [-0.05, 0) is 57.9 Å². The van der Waals surface area contributed by atoms with Crippen LogP contribution in [0.1, 0.15) is 33.6 Å². The van der Waals surface area contributed by atoms with Gasteiger partial charge in [0, 0.05) is 16.6 Å². The Morgan fingerprint density at radius 3 is 2.56 bits per heavy atom. The van der Waals surface area contributed by atoms with Crippen molar-refractivity contribution in [2.75, 3.05) is 13.7 Å². The predicted octanol–water partition coefficient (Wildman–Crippen LogP) is 4.91. The van der Waals surface area contributed by atoms with E-state index in [0.717, 1.165) is 27.5 Å². The summed E-state index contributed by atoms with van der Waals surface area (Å²) in [7, 11) is 1.33. The second kappa shape index (κ2) is 10.8. The van der Waals surface area contributed by atoms with Gasteiger partial charge >= 0.3 is 12.1 Å². The molecule has 8 nitrogen and oxygen atoms in total.